The Morgan fingerprint density at radius 1 is 1.21 bits per heavy atom. The van der Waals surface area contributed by atoms with Gasteiger partial charge in [-0.25, -0.2) is 0 Å². The number of nitrogens with zero attached hydrogens (tertiary/aromatic N) is 3. The first-order chi connectivity index (χ1) is 20.1. The Balaban J connectivity index is 1.39. The lowest BCUT2D eigenvalue weighted by Crippen LogP contribution is -2.53. The molecule has 0 saturated carbocycles. The zero-order valence-electron chi connectivity index (χ0n) is 22.8. The zero-order chi connectivity index (χ0) is 29.8. The number of likely N-dealkylation sites (tertiary alicyclic amines) is 1. The number of carbonyl (C=O) groups excluding carboxylic acids is 3. The van der Waals surface area contributed by atoms with Gasteiger partial charge >= 0.3 is 0 Å². The summed E-state index contributed by atoms with van der Waals surface area (Å²) in [5.74, 6) is -0.266. The minimum Gasteiger partial charge on any atom is -0.438 e. The highest BCUT2D eigenvalue weighted by Crippen LogP contribution is 2.49. The van der Waals surface area contributed by atoms with Crippen molar-refractivity contribution in [2.24, 2.45) is 11.5 Å². The number of ether oxygens (including phenoxy) is 1. The van der Waals surface area contributed by atoms with Crippen LogP contribution in [0.2, 0.25) is 0 Å². The van der Waals surface area contributed by atoms with Crippen LogP contribution in [0.4, 0.5) is 5.69 Å². The molecule has 4 aromatic rings. The molecular weight excluding hydrogens is 554 g/mol. The van der Waals surface area contributed by atoms with Gasteiger partial charge in [0.2, 0.25) is 11.8 Å². The Morgan fingerprint density at radius 2 is 1.98 bits per heavy atom. The van der Waals surface area contributed by atoms with Crippen LogP contribution in [0.15, 0.2) is 61.2 Å². The Morgan fingerprint density at radius 3 is 2.69 bits per heavy atom. The number of aryl methyl sites for hydroxylation is 1. The molecule has 12 heteroatoms. The zero-order valence-corrected chi connectivity index (χ0v) is 23.6. The normalized spacial score (nSPS) is 21.4. The van der Waals surface area contributed by atoms with E-state index >= 15 is 0 Å². The monoisotopic (exact) mass is 583 g/mol. The van der Waals surface area contributed by atoms with E-state index in [4.69, 9.17) is 21.9 Å². The lowest BCUT2D eigenvalue weighted by Gasteiger charge is -2.36. The average Bonchev–Trinajstić information content (AvgIpc) is 3.62. The number of anilines is 1. The van der Waals surface area contributed by atoms with Crippen LogP contribution in [-0.2, 0) is 15.1 Å². The summed E-state index contributed by atoms with van der Waals surface area (Å²) in [4.78, 5) is 41.6. The number of hydrogen-bond donors (Lipinski definition) is 4. The molecular formula is C30H29N7O4S. The van der Waals surface area contributed by atoms with Crippen LogP contribution in [0.25, 0.3) is 10.1 Å². The number of nitrogens with one attached hydrogen (secondary N) is 1. The molecule has 3 atom stereocenters. The maximum atomic E-state index is 14.1. The molecule has 6 rings (SSSR count). The van der Waals surface area contributed by atoms with Gasteiger partial charge in [0.25, 0.3) is 5.91 Å². The van der Waals surface area contributed by atoms with Gasteiger partial charge in [0.05, 0.1) is 21.3 Å². The van der Waals surface area contributed by atoms with Crippen LogP contribution in [-0.4, -0.2) is 51.8 Å². The van der Waals surface area contributed by atoms with Gasteiger partial charge in [-0.3, -0.25) is 14.4 Å². The fraction of sp³-hybridized carbons (Fsp3) is 0.233. The number of carbonyl (C=O) groups is 3. The molecule has 2 amide bonds. The van der Waals surface area contributed by atoms with Crippen molar-refractivity contribution in [3.63, 3.8) is 0 Å². The highest BCUT2D eigenvalue weighted by Gasteiger charge is 2.50. The van der Waals surface area contributed by atoms with Crippen molar-refractivity contribution in [2.75, 3.05) is 18.8 Å². The van der Waals surface area contributed by atoms with E-state index in [0.29, 0.717) is 57.7 Å². The van der Waals surface area contributed by atoms with Crippen molar-refractivity contribution >= 4 is 44.7 Å². The first-order valence-corrected chi connectivity index (χ1v) is 14.2. The second-order valence-electron chi connectivity index (χ2n) is 10.5. The molecule has 0 bridgehead atoms. The molecule has 2 aliphatic rings. The van der Waals surface area contributed by atoms with Gasteiger partial charge in [0.15, 0.2) is 5.78 Å². The maximum Gasteiger partial charge on any atom is 0.262 e. The van der Waals surface area contributed by atoms with Crippen molar-refractivity contribution in [1.29, 1.82) is 0 Å². The van der Waals surface area contributed by atoms with E-state index in [0.717, 1.165) is 11.3 Å². The first-order valence-electron chi connectivity index (χ1n) is 13.4. The number of benzene rings is 2. The Bertz CT molecular complexity index is 1770. The van der Waals surface area contributed by atoms with Crippen LogP contribution in [0.5, 0.6) is 11.6 Å². The van der Waals surface area contributed by atoms with E-state index < -0.39 is 17.4 Å². The minimum atomic E-state index is -1.74. The first kappa shape index (κ1) is 27.5. The standard InChI is InChI=1S/C30H29N7O4S/c1-3-21(38)37-12-11-16(14-37)34-29(40)26-23-22-18(9-10-19(31)25(22)42-26)30(33,28(39)24(23)32)27-15(2)13-20(35-36-27)41-17-7-5-4-6-8-17/h3-10,13,16,24H,1,11-12,14,31-33H2,2H3,(H,34,40). The smallest absolute Gasteiger partial charge is 0.262 e. The van der Waals surface area contributed by atoms with Crippen LogP contribution in [0.1, 0.15) is 44.5 Å². The van der Waals surface area contributed by atoms with Crippen LogP contribution in [0, 0.1) is 6.92 Å². The molecule has 42 heavy (non-hydrogen) atoms. The van der Waals surface area contributed by atoms with Crippen molar-refractivity contribution in [1.82, 2.24) is 20.4 Å². The highest BCUT2D eigenvalue weighted by molar-refractivity contribution is 7.21. The van der Waals surface area contributed by atoms with Crippen LogP contribution >= 0.6 is 11.3 Å². The average molecular weight is 584 g/mol. The molecule has 1 aliphatic heterocycles. The van der Waals surface area contributed by atoms with Crippen LogP contribution in [0.3, 0.4) is 0 Å². The molecule has 2 aromatic heterocycles. The molecule has 0 radical (unpaired) electrons. The van der Waals surface area contributed by atoms with Crippen LogP contribution < -0.4 is 27.3 Å². The molecule has 7 N–H and O–H groups in total. The van der Waals surface area contributed by atoms with E-state index in [1.165, 1.54) is 6.08 Å². The van der Waals surface area contributed by atoms with Gasteiger partial charge in [-0.05, 0) is 48.7 Å². The van der Waals surface area contributed by atoms with Crippen molar-refractivity contribution < 1.29 is 19.1 Å². The van der Waals surface area contributed by atoms with E-state index in [9.17, 15) is 14.4 Å². The topological polar surface area (TPSA) is 180 Å². The Labute approximate surface area is 245 Å². The summed E-state index contributed by atoms with van der Waals surface area (Å²) >= 11 is 1.16. The molecule has 2 aromatic carbocycles. The van der Waals surface area contributed by atoms with Gasteiger partial charge in [0.1, 0.15) is 11.3 Å². The number of thiophene rings is 1. The number of ketones is 1. The minimum absolute atomic E-state index is 0.189. The third kappa shape index (κ3) is 4.31. The lowest BCUT2D eigenvalue weighted by molar-refractivity contribution is -0.125. The largest absolute Gasteiger partial charge is 0.438 e. The van der Waals surface area contributed by atoms with Crippen molar-refractivity contribution in [3.8, 4) is 11.6 Å². The van der Waals surface area contributed by atoms with E-state index in [2.05, 4.69) is 22.1 Å². The highest BCUT2D eigenvalue weighted by atomic mass is 32.1. The number of aromatic nitrogens is 2. The number of amides is 2. The second kappa shape index (κ2) is 10.3. The molecule has 3 heterocycles. The molecule has 214 valence electrons. The van der Waals surface area contributed by atoms with Gasteiger partial charge in [0, 0.05) is 41.8 Å². The molecule has 3 unspecified atom stereocenters. The summed E-state index contributed by atoms with van der Waals surface area (Å²) in [5.41, 5.74) is 20.2. The van der Waals surface area contributed by atoms with Crippen molar-refractivity contribution in [2.45, 2.75) is 31.0 Å². The van der Waals surface area contributed by atoms with Gasteiger partial charge in [-0.1, -0.05) is 30.8 Å². The predicted octanol–water partition coefficient (Wildman–Crippen LogP) is 2.68. The molecule has 1 saturated heterocycles. The number of hydrogen-bond acceptors (Lipinski definition) is 10. The number of nitrogen functional groups attached to an aromatic ring is 1. The summed E-state index contributed by atoms with van der Waals surface area (Å²) < 4.78 is 6.42. The lowest BCUT2D eigenvalue weighted by atomic mass is 9.71. The van der Waals surface area contributed by atoms with E-state index in [1.807, 2.05) is 18.2 Å². The number of para-hydroxylation sites is 1. The Kier molecular flexibility index (Phi) is 6.76. The predicted molar refractivity (Wildman–Crippen MR) is 159 cm³/mol. The van der Waals surface area contributed by atoms with Crippen molar-refractivity contribution in [3.05, 3.63) is 88.4 Å². The fourth-order valence-corrected chi connectivity index (χ4v) is 6.96. The molecule has 1 fully saturated rings. The molecule has 0 spiro atoms. The summed E-state index contributed by atoms with van der Waals surface area (Å²) in [5, 5.41) is 12.1. The van der Waals surface area contributed by atoms with E-state index in [-0.39, 0.29) is 34.3 Å². The summed E-state index contributed by atoms with van der Waals surface area (Å²) in [6.45, 7) is 6.17. The third-order valence-electron chi connectivity index (χ3n) is 7.83. The molecule has 11 nitrogen and oxygen atoms in total. The number of rotatable bonds is 6. The quantitative estimate of drug-likeness (QED) is 0.196. The molecule has 1 aliphatic carbocycles. The maximum absolute atomic E-state index is 14.1. The second-order valence-corrected chi connectivity index (χ2v) is 11.5. The van der Waals surface area contributed by atoms with E-state index in [1.54, 1.807) is 42.2 Å². The van der Waals surface area contributed by atoms with Gasteiger partial charge < -0.3 is 32.2 Å². The Hall–Kier alpha value is -4.65. The third-order valence-corrected chi connectivity index (χ3v) is 9.08. The summed E-state index contributed by atoms with van der Waals surface area (Å²) in [7, 11) is 0. The SMILES string of the molecule is C=CC(=O)N1CCC(NC(=O)c2sc3c(N)ccc4c3c2C(N)C(=O)C4(N)c2nnc(Oc3ccccc3)cc2C)C1. The van der Waals surface area contributed by atoms with Gasteiger partial charge in [-0.2, -0.15) is 0 Å². The summed E-state index contributed by atoms with van der Waals surface area (Å²) in [6.07, 6.45) is 1.85. The number of Topliss-reactive ketones (excluding diaryl/α,β-unsaturated/α-hetero) is 1. The fourth-order valence-electron chi connectivity index (χ4n) is 5.76. The number of nitrogens with two attached hydrogens (primary N) is 3. The van der Waals surface area contributed by atoms with Gasteiger partial charge in [-0.15, -0.1) is 21.5 Å². The summed E-state index contributed by atoms with van der Waals surface area (Å²) in [6, 6.07) is 12.7.